The Hall–Kier alpha value is -2.12. The molecule has 1 aromatic carbocycles. The third-order valence-electron chi connectivity index (χ3n) is 6.12. The van der Waals surface area contributed by atoms with Crippen molar-refractivity contribution in [1.82, 2.24) is 4.90 Å². The zero-order chi connectivity index (χ0) is 22.6. The molecule has 1 aromatic rings. The van der Waals surface area contributed by atoms with E-state index in [2.05, 4.69) is 0 Å². The Morgan fingerprint density at radius 3 is 2.52 bits per heavy atom. The second-order valence-corrected chi connectivity index (χ2v) is 9.13. The molecule has 2 fully saturated rings. The Morgan fingerprint density at radius 1 is 1.23 bits per heavy atom. The summed E-state index contributed by atoms with van der Waals surface area (Å²) in [5, 5.41) is 0.423. The highest BCUT2D eigenvalue weighted by Gasteiger charge is 2.49. The molecule has 0 radical (unpaired) electrons. The largest absolute Gasteiger partial charge is 0.425 e. The van der Waals surface area contributed by atoms with Gasteiger partial charge in [-0.25, -0.2) is 4.79 Å². The Kier molecular flexibility index (Phi) is 7.27. The summed E-state index contributed by atoms with van der Waals surface area (Å²) >= 11 is 6.43. The number of ketones is 1. The van der Waals surface area contributed by atoms with Gasteiger partial charge in [0.25, 0.3) is 0 Å². The van der Waals surface area contributed by atoms with Crippen molar-refractivity contribution in [2.45, 2.75) is 64.2 Å². The van der Waals surface area contributed by atoms with Gasteiger partial charge in [0, 0.05) is 35.9 Å². The van der Waals surface area contributed by atoms with Crippen LogP contribution < -0.4 is 0 Å². The summed E-state index contributed by atoms with van der Waals surface area (Å²) in [5.41, 5.74) is -0.852. The van der Waals surface area contributed by atoms with E-state index in [4.69, 9.17) is 25.8 Å². The lowest BCUT2D eigenvalue weighted by molar-refractivity contribution is -0.182. The number of amides is 1. The lowest BCUT2D eigenvalue weighted by atomic mass is 9.74. The van der Waals surface area contributed by atoms with E-state index in [9.17, 15) is 14.4 Å². The number of benzene rings is 1. The number of esters is 1. The van der Waals surface area contributed by atoms with Gasteiger partial charge in [-0.2, -0.15) is 0 Å². The molecule has 1 aliphatic carbocycles. The van der Waals surface area contributed by atoms with E-state index in [1.54, 1.807) is 31.2 Å². The Bertz CT molecular complexity index is 839. The van der Waals surface area contributed by atoms with E-state index >= 15 is 0 Å². The summed E-state index contributed by atoms with van der Waals surface area (Å²) in [6.07, 6.45) is 1.09. The Balaban J connectivity index is 1.75. The molecule has 0 spiro atoms. The number of rotatable bonds is 7. The van der Waals surface area contributed by atoms with Crippen LogP contribution in [0.3, 0.4) is 0 Å². The lowest BCUT2D eigenvalue weighted by Crippen LogP contribution is -2.55. The molecule has 0 N–H and O–H groups in total. The third kappa shape index (κ3) is 4.88. The number of halogens is 1. The molecule has 1 saturated carbocycles. The minimum Gasteiger partial charge on any atom is -0.425 e. The highest BCUT2D eigenvalue weighted by Crippen LogP contribution is 2.42. The zero-order valence-corrected chi connectivity index (χ0v) is 19.1. The van der Waals surface area contributed by atoms with E-state index in [-0.39, 0.29) is 17.6 Å². The average Bonchev–Trinajstić information content (AvgIpc) is 2.72. The van der Waals surface area contributed by atoms with Crippen molar-refractivity contribution < 1.29 is 28.6 Å². The fourth-order valence-corrected chi connectivity index (χ4v) is 4.55. The molecule has 1 saturated heterocycles. The monoisotopic (exact) mass is 451 g/mol. The summed E-state index contributed by atoms with van der Waals surface area (Å²) < 4.78 is 16.1. The molecule has 1 heterocycles. The van der Waals surface area contributed by atoms with E-state index in [1.807, 2.05) is 6.92 Å². The Labute approximate surface area is 188 Å². The van der Waals surface area contributed by atoms with Crippen LogP contribution >= 0.6 is 11.6 Å². The molecular formula is C23H30ClNO6. The number of carbonyl (C=O) groups excluding carboxylic acids is 3. The molecule has 1 amide bonds. The molecular weight excluding hydrogens is 422 g/mol. The smallest absolute Gasteiger partial charge is 0.413 e. The third-order valence-corrected chi connectivity index (χ3v) is 6.45. The van der Waals surface area contributed by atoms with E-state index in [0.29, 0.717) is 43.1 Å². The fraction of sp³-hybridized carbons (Fsp3) is 0.609. The SMILES string of the molecule is CCC(OC(=O)CC1(C)COC1)OC(=O)N(C)[C@]1(c2ccccc2Cl)CCCCC1=O. The van der Waals surface area contributed by atoms with Gasteiger partial charge in [-0.15, -0.1) is 0 Å². The van der Waals surface area contributed by atoms with Gasteiger partial charge < -0.3 is 14.2 Å². The van der Waals surface area contributed by atoms with Crippen LogP contribution in [0.2, 0.25) is 5.02 Å². The second kappa shape index (κ2) is 9.57. The van der Waals surface area contributed by atoms with Gasteiger partial charge in [-0.3, -0.25) is 14.5 Å². The van der Waals surface area contributed by atoms with Crippen molar-refractivity contribution in [2.75, 3.05) is 20.3 Å². The standard InChI is InChI=1S/C23H30ClNO6/c1-4-20(30-19(27)13-22(2)14-29-15-22)31-21(28)25(3)23(12-8-7-11-18(23)26)16-9-5-6-10-17(16)24/h5-6,9-10,20H,4,7-8,11-15H2,1-3H3/t20?,23-/m0/s1. The molecule has 31 heavy (non-hydrogen) atoms. The van der Waals surface area contributed by atoms with Gasteiger partial charge in [0.1, 0.15) is 5.54 Å². The number of hydrogen-bond donors (Lipinski definition) is 0. The first-order chi connectivity index (χ1) is 14.7. The molecule has 2 atom stereocenters. The molecule has 170 valence electrons. The quantitative estimate of drug-likeness (QED) is 0.450. The van der Waals surface area contributed by atoms with Crippen molar-refractivity contribution in [3.05, 3.63) is 34.9 Å². The maximum Gasteiger partial charge on any atom is 0.413 e. The number of likely N-dealkylation sites (N-methyl/N-ethyl adjacent to an activating group) is 1. The van der Waals surface area contributed by atoms with Gasteiger partial charge in [0.15, 0.2) is 5.78 Å². The van der Waals surface area contributed by atoms with Gasteiger partial charge in [0.05, 0.1) is 19.6 Å². The van der Waals surface area contributed by atoms with Crippen LogP contribution in [0.15, 0.2) is 24.3 Å². The average molecular weight is 452 g/mol. The number of Topliss-reactive ketones (excluding diaryl/α,β-unsaturated/α-hetero) is 1. The predicted molar refractivity (Wildman–Crippen MR) is 115 cm³/mol. The van der Waals surface area contributed by atoms with E-state index in [0.717, 1.165) is 12.8 Å². The molecule has 0 aromatic heterocycles. The maximum absolute atomic E-state index is 13.1. The molecule has 2 aliphatic rings. The summed E-state index contributed by atoms with van der Waals surface area (Å²) in [5.74, 6) is -0.517. The van der Waals surface area contributed by atoms with Gasteiger partial charge in [0.2, 0.25) is 6.29 Å². The van der Waals surface area contributed by atoms with Crippen LogP contribution in [-0.2, 0) is 29.3 Å². The molecule has 7 nitrogen and oxygen atoms in total. The van der Waals surface area contributed by atoms with E-state index in [1.165, 1.54) is 11.9 Å². The second-order valence-electron chi connectivity index (χ2n) is 8.72. The highest BCUT2D eigenvalue weighted by molar-refractivity contribution is 6.31. The number of carbonyl (C=O) groups is 3. The zero-order valence-electron chi connectivity index (χ0n) is 18.3. The predicted octanol–water partition coefficient (Wildman–Crippen LogP) is 4.45. The van der Waals surface area contributed by atoms with Gasteiger partial charge >= 0.3 is 12.1 Å². The van der Waals surface area contributed by atoms with Crippen LogP contribution in [0.5, 0.6) is 0 Å². The summed E-state index contributed by atoms with van der Waals surface area (Å²) in [6, 6.07) is 7.06. The van der Waals surface area contributed by atoms with Crippen LogP contribution in [0.25, 0.3) is 0 Å². The van der Waals surface area contributed by atoms with Crippen molar-refractivity contribution in [1.29, 1.82) is 0 Å². The summed E-state index contributed by atoms with van der Waals surface area (Å²) in [7, 11) is 1.54. The van der Waals surface area contributed by atoms with E-state index < -0.39 is 23.9 Å². The summed E-state index contributed by atoms with van der Waals surface area (Å²) in [6.45, 7) is 4.71. The lowest BCUT2D eigenvalue weighted by Gasteiger charge is -2.43. The van der Waals surface area contributed by atoms with Crippen molar-refractivity contribution in [3.63, 3.8) is 0 Å². The molecule has 1 unspecified atom stereocenters. The topological polar surface area (TPSA) is 82.1 Å². The first-order valence-electron chi connectivity index (χ1n) is 10.7. The number of nitrogens with zero attached hydrogens (tertiary/aromatic N) is 1. The van der Waals surface area contributed by atoms with Crippen LogP contribution in [-0.4, -0.2) is 49.3 Å². The number of hydrogen-bond acceptors (Lipinski definition) is 6. The van der Waals surface area contributed by atoms with Crippen LogP contribution in [0, 0.1) is 5.41 Å². The molecule has 3 rings (SSSR count). The molecule has 0 bridgehead atoms. The molecule has 1 aliphatic heterocycles. The van der Waals surface area contributed by atoms with Gasteiger partial charge in [-0.1, -0.05) is 43.6 Å². The van der Waals surface area contributed by atoms with Crippen molar-refractivity contribution >= 4 is 29.4 Å². The minimum absolute atomic E-state index is 0.0748. The normalized spacial score (nSPS) is 23.4. The maximum atomic E-state index is 13.1. The fourth-order valence-electron chi connectivity index (χ4n) is 4.26. The van der Waals surface area contributed by atoms with Crippen LogP contribution in [0.4, 0.5) is 4.79 Å². The minimum atomic E-state index is -1.20. The highest BCUT2D eigenvalue weighted by atomic mass is 35.5. The Morgan fingerprint density at radius 2 is 1.94 bits per heavy atom. The first kappa shape index (κ1) is 23.5. The van der Waals surface area contributed by atoms with Crippen molar-refractivity contribution in [3.8, 4) is 0 Å². The van der Waals surface area contributed by atoms with Crippen molar-refractivity contribution in [2.24, 2.45) is 5.41 Å². The number of ether oxygens (including phenoxy) is 3. The summed E-state index contributed by atoms with van der Waals surface area (Å²) in [4.78, 5) is 39.8. The molecule has 8 heteroatoms. The van der Waals surface area contributed by atoms with Gasteiger partial charge in [-0.05, 0) is 25.3 Å². The van der Waals surface area contributed by atoms with Crippen LogP contribution in [0.1, 0.15) is 57.9 Å². The first-order valence-corrected chi connectivity index (χ1v) is 11.1.